The third-order valence-corrected chi connectivity index (χ3v) is 7.35. The van der Waals surface area contributed by atoms with Gasteiger partial charge in [0.1, 0.15) is 0 Å². The molecule has 29 heavy (non-hydrogen) atoms. The van der Waals surface area contributed by atoms with Gasteiger partial charge >= 0.3 is 13.3 Å². The molecule has 0 bridgehead atoms. The van der Waals surface area contributed by atoms with Crippen molar-refractivity contribution in [3.8, 4) is 0 Å². The second kappa shape index (κ2) is 9.11. The second-order valence-electron chi connectivity index (χ2n) is 6.41. The standard InChI is InChI=1S/C21H18BrF2O3PS/c22-19-13-15(11-12-18(19)21(23,24)28(25,26)27)14-29-20(16-7-3-1-4-8-16)17-9-5-2-6-10-17/h1-13,20H,14H2,(H2,25,26,27). The summed E-state index contributed by atoms with van der Waals surface area (Å²) in [5.74, 6) is 0.537. The molecule has 0 saturated heterocycles. The molecule has 3 rings (SSSR count). The van der Waals surface area contributed by atoms with Crippen molar-refractivity contribution in [2.75, 3.05) is 0 Å². The normalized spacial score (nSPS) is 12.3. The number of hydrogen-bond acceptors (Lipinski definition) is 2. The van der Waals surface area contributed by atoms with E-state index < -0.39 is 18.8 Å². The van der Waals surface area contributed by atoms with Crippen molar-refractivity contribution in [2.24, 2.45) is 0 Å². The molecule has 0 atom stereocenters. The molecule has 2 N–H and O–H groups in total. The number of benzene rings is 3. The highest BCUT2D eigenvalue weighted by Crippen LogP contribution is 2.60. The molecule has 0 heterocycles. The van der Waals surface area contributed by atoms with Crippen LogP contribution in [0.2, 0.25) is 0 Å². The number of thioether (sulfide) groups is 1. The van der Waals surface area contributed by atoms with Crippen molar-refractivity contribution >= 4 is 35.3 Å². The van der Waals surface area contributed by atoms with Gasteiger partial charge in [0.15, 0.2) is 0 Å². The Morgan fingerprint density at radius 2 is 1.45 bits per heavy atom. The van der Waals surface area contributed by atoms with Crippen LogP contribution in [-0.2, 0) is 16.0 Å². The highest BCUT2D eigenvalue weighted by Gasteiger charge is 2.51. The molecular weight excluding hydrogens is 481 g/mol. The fourth-order valence-electron chi connectivity index (χ4n) is 2.87. The molecule has 3 nitrogen and oxygen atoms in total. The number of rotatable bonds is 7. The summed E-state index contributed by atoms with van der Waals surface area (Å²) in [6.45, 7) is 0. The molecular formula is C21H18BrF2O3PS. The Kier molecular flexibility index (Phi) is 6.97. The first kappa shape index (κ1) is 22.2. The van der Waals surface area contributed by atoms with Gasteiger partial charge in [-0.15, -0.1) is 11.8 Å². The summed E-state index contributed by atoms with van der Waals surface area (Å²) >= 11 is 4.69. The van der Waals surface area contributed by atoms with E-state index in [2.05, 4.69) is 15.9 Å². The Labute approximate surface area is 180 Å². The summed E-state index contributed by atoms with van der Waals surface area (Å²) in [4.78, 5) is 17.9. The van der Waals surface area contributed by atoms with E-state index in [1.54, 1.807) is 11.8 Å². The fourth-order valence-corrected chi connectivity index (χ4v) is 5.44. The van der Waals surface area contributed by atoms with Crippen LogP contribution < -0.4 is 0 Å². The van der Waals surface area contributed by atoms with E-state index in [1.807, 2.05) is 60.7 Å². The lowest BCUT2D eigenvalue weighted by Gasteiger charge is -2.20. The number of alkyl halides is 2. The van der Waals surface area contributed by atoms with E-state index >= 15 is 0 Å². The molecule has 0 spiro atoms. The molecule has 152 valence electrons. The molecule has 0 aliphatic carbocycles. The van der Waals surface area contributed by atoms with E-state index in [9.17, 15) is 13.3 Å². The molecule has 0 aromatic heterocycles. The third kappa shape index (κ3) is 5.16. The summed E-state index contributed by atoms with van der Waals surface area (Å²) in [7, 11) is -5.61. The first-order valence-electron chi connectivity index (χ1n) is 8.64. The average molecular weight is 499 g/mol. The Hall–Kier alpha value is -1.50. The van der Waals surface area contributed by atoms with Gasteiger partial charge in [0.05, 0.1) is 5.25 Å². The van der Waals surface area contributed by atoms with Gasteiger partial charge in [-0.25, -0.2) is 0 Å². The number of hydrogen-bond donors (Lipinski definition) is 2. The van der Waals surface area contributed by atoms with E-state index in [4.69, 9.17) is 9.79 Å². The van der Waals surface area contributed by atoms with Gasteiger partial charge in [-0.2, -0.15) is 8.78 Å². The van der Waals surface area contributed by atoms with Crippen LogP contribution in [0.1, 0.15) is 27.5 Å². The minimum Gasteiger partial charge on any atom is -0.320 e. The van der Waals surface area contributed by atoms with Crippen molar-refractivity contribution in [2.45, 2.75) is 16.7 Å². The highest BCUT2D eigenvalue weighted by atomic mass is 79.9. The minimum absolute atomic E-state index is 0.0279. The van der Waals surface area contributed by atoms with Crippen molar-refractivity contribution in [1.82, 2.24) is 0 Å². The Bertz CT molecular complexity index is 973. The van der Waals surface area contributed by atoms with Crippen molar-refractivity contribution in [1.29, 1.82) is 0 Å². The zero-order valence-electron chi connectivity index (χ0n) is 15.1. The topological polar surface area (TPSA) is 57.5 Å². The van der Waals surface area contributed by atoms with Gasteiger partial charge in [-0.3, -0.25) is 4.57 Å². The van der Waals surface area contributed by atoms with Crippen LogP contribution in [-0.4, -0.2) is 9.79 Å². The predicted octanol–water partition coefficient (Wildman–Crippen LogP) is 6.70. The average Bonchev–Trinajstić information content (AvgIpc) is 2.69. The number of halogens is 3. The predicted molar refractivity (Wildman–Crippen MR) is 116 cm³/mol. The SMILES string of the molecule is O=P(O)(O)C(F)(F)c1ccc(CSC(c2ccccc2)c2ccccc2)cc1Br. The van der Waals surface area contributed by atoms with Gasteiger partial charge in [0.25, 0.3) is 0 Å². The maximum atomic E-state index is 14.0. The second-order valence-corrected chi connectivity index (χ2v) is 10.0. The molecule has 0 aliphatic rings. The van der Waals surface area contributed by atoms with E-state index in [-0.39, 0.29) is 9.72 Å². The van der Waals surface area contributed by atoms with Crippen LogP contribution in [0.15, 0.2) is 83.3 Å². The van der Waals surface area contributed by atoms with Crippen molar-refractivity contribution in [3.05, 3.63) is 106 Å². The molecule has 3 aromatic rings. The van der Waals surface area contributed by atoms with E-state index in [0.29, 0.717) is 5.75 Å². The maximum Gasteiger partial charge on any atom is 0.399 e. The highest BCUT2D eigenvalue weighted by molar-refractivity contribution is 9.10. The Morgan fingerprint density at radius 1 is 0.931 bits per heavy atom. The molecule has 0 unspecified atom stereocenters. The first-order chi connectivity index (χ1) is 13.7. The zero-order valence-corrected chi connectivity index (χ0v) is 18.4. The molecule has 0 aliphatic heterocycles. The Morgan fingerprint density at radius 3 is 1.90 bits per heavy atom. The van der Waals surface area contributed by atoms with Crippen LogP contribution in [0.5, 0.6) is 0 Å². The fraction of sp³-hybridized carbons (Fsp3) is 0.143. The van der Waals surface area contributed by atoms with Crippen molar-refractivity contribution < 1.29 is 23.1 Å². The Balaban J connectivity index is 1.84. The van der Waals surface area contributed by atoms with E-state index in [1.165, 1.54) is 12.1 Å². The summed E-state index contributed by atoms with van der Waals surface area (Å²) < 4.78 is 39.1. The lowest BCUT2D eigenvalue weighted by molar-refractivity contribution is 0.0557. The van der Waals surface area contributed by atoms with Gasteiger partial charge in [-0.1, -0.05) is 88.7 Å². The van der Waals surface area contributed by atoms with Crippen molar-refractivity contribution in [3.63, 3.8) is 0 Å². The first-order valence-corrected chi connectivity index (χ1v) is 12.1. The third-order valence-electron chi connectivity index (χ3n) is 4.34. The quantitative estimate of drug-likeness (QED) is 0.356. The van der Waals surface area contributed by atoms with Crippen LogP contribution >= 0.6 is 35.3 Å². The summed E-state index contributed by atoms with van der Waals surface area (Å²) in [6.07, 6.45) is 0. The lowest BCUT2D eigenvalue weighted by atomic mass is 10.0. The molecule has 3 aromatic carbocycles. The molecule has 0 amide bonds. The molecule has 8 heteroatoms. The molecule has 0 saturated carbocycles. The summed E-state index contributed by atoms with van der Waals surface area (Å²) in [6, 6.07) is 24.0. The van der Waals surface area contributed by atoms with Crippen LogP contribution in [0.25, 0.3) is 0 Å². The molecule has 0 radical (unpaired) electrons. The van der Waals surface area contributed by atoms with Gasteiger partial charge in [0, 0.05) is 15.8 Å². The van der Waals surface area contributed by atoms with Crippen LogP contribution in [0, 0.1) is 0 Å². The largest absolute Gasteiger partial charge is 0.399 e. The van der Waals surface area contributed by atoms with Gasteiger partial charge < -0.3 is 9.79 Å². The minimum atomic E-state index is -5.61. The summed E-state index contributed by atoms with van der Waals surface area (Å²) in [5.41, 5.74) is -1.93. The van der Waals surface area contributed by atoms with Gasteiger partial charge in [-0.05, 0) is 22.8 Å². The van der Waals surface area contributed by atoms with Gasteiger partial charge in [0.2, 0.25) is 0 Å². The molecule has 0 fully saturated rings. The zero-order chi connectivity index (χ0) is 21.1. The van der Waals surface area contributed by atoms with E-state index in [0.717, 1.165) is 22.8 Å². The monoisotopic (exact) mass is 498 g/mol. The summed E-state index contributed by atoms with van der Waals surface area (Å²) in [5, 5.41) is 0.0624. The smallest absolute Gasteiger partial charge is 0.320 e. The lowest BCUT2D eigenvalue weighted by Crippen LogP contribution is -2.14. The maximum absolute atomic E-state index is 14.0. The van der Waals surface area contributed by atoms with Crippen LogP contribution in [0.4, 0.5) is 8.78 Å². The van der Waals surface area contributed by atoms with Crippen LogP contribution in [0.3, 0.4) is 0 Å².